The van der Waals surface area contributed by atoms with Crippen LogP contribution in [-0.4, -0.2) is 38.1 Å². The van der Waals surface area contributed by atoms with Crippen molar-refractivity contribution < 1.29 is 26.4 Å². The summed E-state index contributed by atoms with van der Waals surface area (Å²) in [5.74, 6) is -3.90. The van der Waals surface area contributed by atoms with Gasteiger partial charge in [-0.25, -0.2) is 12.8 Å². The Morgan fingerprint density at radius 1 is 1.10 bits per heavy atom. The molecule has 5 nitrogen and oxygen atoms in total. The molecule has 3 rings (SSSR count). The average molecular weight is 455 g/mol. The first kappa shape index (κ1) is 23.3. The monoisotopic (exact) mass is 454 g/mol. The Labute approximate surface area is 180 Å². The highest BCUT2D eigenvalue weighted by atomic mass is 32.2. The van der Waals surface area contributed by atoms with Crippen molar-refractivity contribution in [1.82, 2.24) is 10.2 Å². The van der Waals surface area contributed by atoms with Crippen LogP contribution in [0.3, 0.4) is 0 Å². The highest BCUT2D eigenvalue weighted by Crippen LogP contribution is 2.22. The molecule has 0 aliphatic carbocycles. The molecule has 0 radical (unpaired) electrons. The maximum Gasteiger partial charge on any atom is 0.341 e. The van der Waals surface area contributed by atoms with Crippen molar-refractivity contribution in [2.75, 3.05) is 13.1 Å². The molecule has 1 fully saturated rings. The summed E-state index contributed by atoms with van der Waals surface area (Å²) in [6.07, 6.45) is 1.35. The molecule has 31 heavy (non-hydrogen) atoms. The number of alkyl halides is 2. The van der Waals surface area contributed by atoms with E-state index < -0.39 is 20.5 Å². The van der Waals surface area contributed by atoms with Gasteiger partial charge in [0.2, 0.25) is 15.7 Å². The van der Waals surface area contributed by atoms with Crippen LogP contribution in [0.5, 0.6) is 0 Å². The summed E-state index contributed by atoms with van der Waals surface area (Å²) in [7, 11) is -4.59. The number of nitrogens with zero attached hydrogens (tertiary/aromatic N) is 1. The van der Waals surface area contributed by atoms with E-state index in [0.29, 0.717) is 43.6 Å². The lowest BCUT2D eigenvalue weighted by Gasteiger charge is -2.31. The molecule has 2 aromatic carbocycles. The quantitative estimate of drug-likeness (QED) is 0.694. The number of sulfone groups is 1. The third-order valence-electron chi connectivity index (χ3n) is 5.55. The molecule has 1 heterocycles. The van der Waals surface area contributed by atoms with Crippen LogP contribution in [0.25, 0.3) is 0 Å². The van der Waals surface area contributed by atoms with Gasteiger partial charge in [-0.1, -0.05) is 24.3 Å². The van der Waals surface area contributed by atoms with Crippen LogP contribution in [0.1, 0.15) is 29.5 Å². The van der Waals surface area contributed by atoms with Crippen molar-refractivity contribution in [2.45, 2.75) is 43.5 Å². The van der Waals surface area contributed by atoms with E-state index in [1.54, 1.807) is 19.1 Å². The van der Waals surface area contributed by atoms with E-state index in [-0.39, 0.29) is 24.2 Å². The summed E-state index contributed by atoms with van der Waals surface area (Å²) in [6, 6.07) is 10.4. The summed E-state index contributed by atoms with van der Waals surface area (Å²) in [5, 5.41) is 2.87. The normalized spacial score (nSPS) is 15.9. The van der Waals surface area contributed by atoms with Crippen LogP contribution < -0.4 is 5.32 Å². The topological polar surface area (TPSA) is 66.5 Å². The van der Waals surface area contributed by atoms with E-state index >= 15 is 0 Å². The van der Waals surface area contributed by atoms with Gasteiger partial charge in [0.25, 0.3) is 0 Å². The van der Waals surface area contributed by atoms with E-state index in [4.69, 9.17) is 0 Å². The lowest BCUT2D eigenvalue weighted by molar-refractivity contribution is -0.126. The Morgan fingerprint density at radius 3 is 2.29 bits per heavy atom. The van der Waals surface area contributed by atoms with Crippen LogP contribution in [0.15, 0.2) is 47.4 Å². The van der Waals surface area contributed by atoms with Crippen molar-refractivity contribution in [1.29, 1.82) is 0 Å². The van der Waals surface area contributed by atoms with Crippen LogP contribution in [0.4, 0.5) is 13.2 Å². The second-order valence-corrected chi connectivity index (χ2v) is 9.72. The number of halogens is 3. The Bertz CT molecular complexity index is 1020. The van der Waals surface area contributed by atoms with Gasteiger partial charge in [-0.2, -0.15) is 8.78 Å². The largest absolute Gasteiger partial charge is 0.352 e. The van der Waals surface area contributed by atoms with Crippen LogP contribution >= 0.6 is 0 Å². The van der Waals surface area contributed by atoms with E-state index in [2.05, 4.69) is 10.2 Å². The fourth-order valence-corrected chi connectivity index (χ4v) is 4.30. The molecule has 0 spiro atoms. The van der Waals surface area contributed by atoms with Gasteiger partial charge in [0.15, 0.2) is 0 Å². The van der Waals surface area contributed by atoms with Gasteiger partial charge in [-0.05, 0) is 67.7 Å². The molecule has 0 atom stereocenters. The number of carbonyl (C=O) groups excluding carboxylic acids is 1. The van der Waals surface area contributed by atoms with Crippen molar-refractivity contribution in [2.24, 2.45) is 5.92 Å². The number of amides is 1. The standard InChI is InChI=1S/C22H25F3N2O3S/c1-15-2-3-17(12-20(15)23)13-26-21(28)18-8-10-27(11-9-18)14-16-4-6-19(7-5-16)31(29,30)22(24)25/h2-7,12,18,22H,8-11,13-14H2,1H3,(H,26,28). The number of rotatable bonds is 7. The van der Waals surface area contributed by atoms with Crippen molar-refractivity contribution >= 4 is 15.7 Å². The number of nitrogens with one attached hydrogen (secondary N) is 1. The third-order valence-corrected chi connectivity index (χ3v) is 6.95. The van der Waals surface area contributed by atoms with E-state index in [0.717, 1.165) is 5.56 Å². The van der Waals surface area contributed by atoms with Gasteiger partial charge in [-0.15, -0.1) is 0 Å². The first-order chi connectivity index (χ1) is 14.7. The molecule has 0 bridgehead atoms. The van der Waals surface area contributed by atoms with Gasteiger partial charge < -0.3 is 5.32 Å². The van der Waals surface area contributed by atoms with E-state index in [1.165, 1.54) is 30.3 Å². The average Bonchev–Trinajstić information content (AvgIpc) is 2.75. The maximum atomic E-state index is 13.6. The molecular weight excluding hydrogens is 429 g/mol. The Balaban J connectivity index is 1.47. The predicted octanol–water partition coefficient (Wildman–Crippen LogP) is 3.66. The summed E-state index contributed by atoms with van der Waals surface area (Å²) in [4.78, 5) is 14.2. The smallest absolute Gasteiger partial charge is 0.341 e. The summed E-state index contributed by atoms with van der Waals surface area (Å²) < 4.78 is 61.8. The highest BCUT2D eigenvalue weighted by Gasteiger charge is 2.27. The second-order valence-electron chi connectivity index (χ2n) is 7.80. The number of benzene rings is 2. The van der Waals surface area contributed by atoms with Gasteiger partial charge >= 0.3 is 5.76 Å². The number of hydrogen-bond donors (Lipinski definition) is 1. The molecule has 1 N–H and O–H groups in total. The summed E-state index contributed by atoms with van der Waals surface area (Å²) >= 11 is 0. The SMILES string of the molecule is Cc1ccc(CNC(=O)C2CCN(Cc3ccc(S(=O)(=O)C(F)F)cc3)CC2)cc1F. The second kappa shape index (κ2) is 9.82. The third kappa shape index (κ3) is 5.86. The highest BCUT2D eigenvalue weighted by molar-refractivity contribution is 7.91. The lowest BCUT2D eigenvalue weighted by Crippen LogP contribution is -2.40. The molecular formula is C22H25F3N2O3S. The molecule has 0 saturated carbocycles. The zero-order valence-corrected chi connectivity index (χ0v) is 18.0. The fraction of sp³-hybridized carbons (Fsp3) is 0.409. The van der Waals surface area contributed by atoms with Gasteiger partial charge in [0.1, 0.15) is 5.82 Å². The molecule has 1 aliphatic heterocycles. The molecule has 1 aliphatic rings. The van der Waals surface area contributed by atoms with E-state index in [1.807, 2.05) is 0 Å². The summed E-state index contributed by atoms with van der Waals surface area (Å²) in [5.41, 5.74) is 2.09. The predicted molar refractivity (Wildman–Crippen MR) is 111 cm³/mol. The van der Waals surface area contributed by atoms with E-state index in [9.17, 15) is 26.4 Å². The Morgan fingerprint density at radius 2 is 1.71 bits per heavy atom. The van der Waals surface area contributed by atoms with Gasteiger partial charge in [0.05, 0.1) is 4.90 Å². The molecule has 1 saturated heterocycles. The van der Waals surface area contributed by atoms with Gasteiger partial charge in [-0.3, -0.25) is 9.69 Å². The minimum Gasteiger partial charge on any atom is -0.352 e. The zero-order chi connectivity index (χ0) is 22.6. The summed E-state index contributed by atoms with van der Waals surface area (Å²) in [6.45, 7) is 3.89. The van der Waals surface area contributed by atoms with Crippen molar-refractivity contribution in [3.8, 4) is 0 Å². The van der Waals surface area contributed by atoms with Crippen LogP contribution in [0, 0.1) is 18.7 Å². The van der Waals surface area contributed by atoms with Crippen molar-refractivity contribution in [3.05, 3.63) is 65.0 Å². The van der Waals surface area contributed by atoms with Gasteiger partial charge in [0, 0.05) is 19.0 Å². The number of aryl methyl sites for hydroxylation is 1. The Kier molecular flexibility index (Phi) is 7.38. The first-order valence-corrected chi connectivity index (χ1v) is 11.6. The maximum absolute atomic E-state index is 13.6. The fourth-order valence-electron chi connectivity index (χ4n) is 3.58. The lowest BCUT2D eigenvalue weighted by atomic mass is 9.95. The minimum atomic E-state index is -4.59. The molecule has 0 unspecified atom stereocenters. The Hall–Kier alpha value is -2.39. The number of hydrogen-bond acceptors (Lipinski definition) is 4. The number of carbonyl (C=O) groups is 1. The van der Waals surface area contributed by atoms with Crippen molar-refractivity contribution in [3.63, 3.8) is 0 Å². The zero-order valence-electron chi connectivity index (χ0n) is 17.2. The number of piperidine rings is 1. The molecule has 0 aromatic heterocycles. The molecule has 2 aromatic rings. The molecule has 1 amide bonds. The van der Waals surface area contributed by atoms with Crippen LogP contribution in [0.2, 0.25) is 0 Å². The first-order valence-electron chi connectivity index (χ1n) is 10.0. The number of likely N-dealkylation sites (tertiary alicyclic amines) is 1. The minimum absolute atomic E-state index is 0.0535. The van der Waals surface area contributed by atoms with Crippen LogP contribution in [-0.2, 0) is 27.7 Å². The molecule has 168 valence electrons. The molecule has 9 heteroatoms.